The first-order valence-corrected chi connectivity index (χ1v) is 6.57. The molecule has 1 rings (SSSR count). The first kappa shape index (κ1) is 13.6. The van der Waals surface area contributed by atoms with Crippen LogP contribution in [0.3, 0.4) is 0 Å². The molecule has 0 saturated heterocycles. The molecule has 2 nitrogen and oxygen atoms in total. The third-order valence-electron chi connectivity index (χ3n) is 2.47. The van der Waals surface area contributed by atoms with Gasteiger partial charge in [0.1, 0.15) is 0 Å². The number of benzene rings is 1. The van der Waals surface area contributed by atoms with Crippen LogP contribution in [0.4, 0.5) is 0 Å². The van der Waals surface area contributed by atoms with Crippen molar-refractivity contribution in [3.8, 4) is 0 Å². The minimum Gasteiger partial charge on any atom is -0.341 e. The average Bonchev–Trinajstić information content (AvgIpc) is 2.23. The van der Waals surface area contributed by atoms with Crippen molar-refractivity contribution in [1.29, 1.82) is 0 Å². The summed E-state index contributed by atoms with van der Waals surface area (Å²) in [6.45, 7) is 2.70. The molecule has 0 spiro atoms. The number of carbonyl (C=O) groups is 1. The van der Waals surface area contributed by atoms with Gasteiger partial charge in [-0.2, -0.15) is 12.6 Å². The van der Waals surface area contributed by atoms with E-state index in [4.69, 9.17) is 0 Å². The highest BCUT2D eigenvalue weighted by atomic mass is 79.9. The Morgan fingerprint density at radius 3 is 2.81 bits per heavy atom. The van der Waals surface area contributed by atoms with E-state index in [9.17, 15) is 4.79 Å². The molecule has 0 atom stereocenters. The van der Waals surface area contributed by atoms with Crippen LogP contribution in [0.25, 0.3) is 0 Å². The predicted molar refractivity (Wildman–Crippen MR) is 73.8 cm³/mol. The summed E-state index contributed by atoms with van der Waals surface area (Å²) in [4.78, 5) is 13.4. The van der Waals surface area contributed by atoms with Crippen molar-refractivity contribution in [3.63, 3.8) is 0 Å². The zero-order chi connectivity index (χ0) is 12.1. The first-order chi connectivity index (χ1) is 7.54. The molecule has 0 aliphatic rings. The SMILES string of the molecule is Cc1ccc(Br)cc1CN(C)C(=O)CCS. The molecule has 0 N–H and O–H groups in total. The lowest BCUT2D eigenvalue weighted by molar-refractivity contribution is -0.129. The number of amides is 1. The first-order valence-electron chi connectivity index (χ1n) is 5.14. The maximum absolute atomic E-state index is 11.6. The van der Waals surface area contributed by atoms with E-state index in [0.29, 0.717) is 18.7 Å². The quantitative estimate of drug-likeness (QED) is 0.848. The average molecular weight is 302 g/mol. The van der Waals surface area contributed by atoms with Crippen molar-refractivity contribution < 1.29 is 4.79 Å². The largest absolute Gasteiger partial charge is 0.341 e. The van der Waals surface area contributed by atoms with Gasteiger partial charge >= 0.3 is 0 Å². The van der Waals surface area contributed by atoms with Gasteiger partial charge in [-0.3, -0.25) is 4.79 Å². The maximum atomic E-state index is 11.6. The fourth-order valence-corrected chi connectivity index (χ4v) is 2.04. The van der Waals surface area contributed by atoms with Gasteiger partial charge in [-0.05, 0) is 35.9 Å². The van der Waals surface area contributed by atoms with Gasteiger partial charge < -0.3 is 4.90 Å². The number of rotatable bonds is 4. The molecule has 0 radical (unpaired) electrons. The molecule has 0 unspecified atom stereocenters. The smallest absolute Gasteiger partial charge is 0.223 e. The number of nitrogens with zero attached hydrogens (tertiary/aromatic N) is 1. The molecular formula is C12H16BrNOS. The van der Waals surface area contributed by atoms with E-state index in [-0.39, 0.29) is 5.91 Å². The van der Waals surface area contributed by atoms with Gasteiger partial charge in [0.15, 0.2) is 0 Å². The predicted octanol–water partition coefficient (Wildman–Crippen LogP) is 3.04. The molecule has 0 heterocycles. The summed E-state index contributed by atoms with van der Waals surface area (Å²) in [5.41, 5.74) is 2.37. The van der Waals surface area contributed by atoms with E-state index in [1.165, 1.54) is 11.1 Å². The van der Waals surface area contributed by atoms with Crippen LogP contribution in [-0.4, -0.2) is 23.6 Å². The number of carbonyl (C=O) groups excluding carboxylic acids is 1. The van der Waals surface area contributed by atoms with E-state index in [1.54, 1.807) is 4.90 Å². The van der Waals surface area contributed by atoms with E-state index >= 15 is 0 Å². The molecule has 16 heavy (non-hydrogen) atoms. The lowest BCUT2D eigenvalue weighted by atomic mass is 10.1. The van der Waals surface area contributed by atoms with Crippen molar-refractivity contribution in [2.24, 2.45) is 0 Å². The number of hydrogen-bond donors (Lipinski definition) is 1. The molecule has 0 aliphatic carbocycles. The summed E-state index contributed by atoms with van der Waals surface area (Å²) in [5, 5.41) is 0. The van der Waals surface area contributed by atoms with Gasteiger partial charge in [0.25, 0.3) is 0 Å². The monoisotopic (exact) mass is 301 g/mol. The topological polar surface area (TPSA) is 20.3 Å². The van der Waals surface area contributed by atoms with Crippen LogP contribution in [-0.2, 0) is 11.3 Å². The summed E-state index contributed by atoms with van der Waals surface area (Å²) in [6, 6.07) is 6.12. The molecule has 4 heteroatoms. The minimum atomic E-state index is 0.134. The second kappa shape index (κ2) is 6.30. The normalized spacial score (nSPS) is 10.2. The van der Waals surface area contributed by atoms with Crippen LogP contribution in [0.15, 0.2) is 22.7 Å². The zero-order valence-electron chi connectivity index (χ0n) is 9.53. The Balaban J connectivity index is 2.72. The molecule has 0 aliphatic heterocycles. The van der Waals surface area contributed by atoms with Gasteiger partial charge in [-0.15, -0.1) is 0 Å². The van der Waals surface area contributed by atoms with Crippen molar-refractivity contribution >= 4 is 34.5 Å². The second-order valence-corrected chi connectivity index (χ2v) is 5.16. The molecule has 1 amide bonds. The van der Waals surface area contributed by atoms with E-state index in [1.807, 2.05) is 13.1 Å². The molecule has 0 bridgehead atoms. The van der Waals surface area contributed by atoms with E-state index < -0.39 is 0 Å². The second-order valence-electron chi connectivity index (χ2n) is 3.79. The Bertz CT molecular complexity index is 381. The molecule has 0 aromatic heterocycles. The fraction of sp³-hybridized carbons (Fsp3) is 0.417. The van der Waals surface area contributed by atoms with Crippen LogP contribution in [0.5, 0.6) is 0 Å². The summed E-state index contributed by atoms with van der Waals surface area (Å²) in [7, 11) is 1.83. The van der Waals surface area contributed by atoms with Gasteiger partial charge in [0.05, 0.1) is 0 Å². The van der Waals surface area contributed by atoms with Gasteiger partial charge in [-0.25, -0.2) is 0 Å². The molecular weight excluding hydrogens is 286 g/mol. The molecule has 0 fully saturated rings. The summed E-state index contributed by atoms with van der Waals surface area (Å²) >= 11 is 7.50. The number of hydrogen-bond acceptors (Lipinski definition) is 2. The highest BCUT2D eigenvalue weighted by Gasteiger charge is 2.09. The third kappa shape index (κ3) is 3.83. The van der Waals surface area contributed by atoms with E-state index in [0.717, 1.165) is 4.47 Å². The molecule has 0 saturated carbocycles. The third-order valence-corrected chi connectivity index (χ3v) is 3.19. The summed E-state index contributed by atoms with van der Waals surface area (Å²) in [6.07, 6.45) is 0.493. The van der Waals surface area contributed by atoms with Crippen molar-refractivity contribution in [2.75, 3.05) is 12.8 Å². The zero-order valence-corrected chi connectivity index (χ0v) is 12.0. The molecule has 88 valence electrons. The molecule has 1 aromatic carbocycles. The van der Waals surface area contributed by atoms with Crippen LogP contribution in [0.1, 0.15) is 17.5 Å². The van der Waals surface area contributed by atoms with Crippen LogP contribution in [0.2, 0.25) is 0 Å². The number of halogens is 1. The van der Waals surface area contributed by atoms with Crippen LogP contribution in [0, 0.1) is 6.92 Å². The highest BCUT2D eigenvalue weighted by molar-refractivity contribution is 9.10. The Hall–Kier alpha value is -0.480. The Morgan fingerprint density at radius 2 is 2.19 bits per heavy atom. The van der Waals surface area contributed by atoms with E-state index in [2.05, 4.69) is 47.6 Å². The Kier molecular flexibility index (Phi) is 5.35. The van der Waals surface area contributed by atoms with Crippen LogP contribution >= 0.6 is 28.6 Å². The van der Waals surface area contributed by atoms with Crippen molar-refractivity contribution in [2.45, 2.75) is 19.9 Å². The van der Waals surface area contributed by atoms with Crippen molar-refractivity contribution in [3.05, 3.63) is 33.8 Å². The van der Waals surface area contributed by atoms with Gasteiger partial charge in [-0.1, -0.05) is 22.0 Å². The summed E-state index contributed by atoms with van der Waals surface area (Å²) < 4.78 is 1.04. The van der Waals surface area contributed by atoms with Gasteiger partial charge in [0, 0.05) is 24.5 Å². The Labute approximate surface area is 111 Å². The van der Waals surface area contributed by atoms with Gasteiger partial charge in [0.2, 0.25) is 5.91 Å². The minimum absolute atomic E-state index is 0.134. The fourth-order valence-electron chi connectivity index (χ4n) is 1.44. The Morgan fingerprint density at radius 1 is 1.50 bits per heavy atom. The number of aryl methyl sites for hydroxylation is 1. The van der Waals surface area contributed by atoms with Crippen molar-refractivity contribution in [1.82, 2.24) is 4.90 Å². The maximum Gasteiger partial charge on any atom is 0.223 e. The number of thiol groups is 1. The lowest BCUT2D eigenvalue weighted by Crippen LogP contribution is -2.26. The molecule has 1 aromatic rings. The standard InChI is InChI=1S/C12H16BrNOS/c1-9-3-4-11(13)7-10(9)8-14(2)12(15)5-6-16/h3-4,7,16H,5-6,8H2,1-2H3. The summed E-state index contributed by atoms with van der Waals surface area (Å²) in [5.74, 6) is 0.732. The lowest BCUT2D eigenvalue weighted by Gasteiger charge is -2.18. The van der Waals surface area contributed by atoms with Crippen LogP contribution < -0.4 is 0 Å². The highest BCUT2D eigenvalue weighted by Crippen LogP contribution is 2.17.